The van der Waals surface area contributed by atoms with Gasteiger partial charge in [-0.25, -0.2) is 4.39 Å². The molecular weight excluding hydrogens is 421 g/mol. The molecule has 2 heterocycles. The molecule has 3 aromatic rings. The minimum atomic E-state index is -0.452. The number of benzene rings is 3. The highest BCUT2D eigenvalue weighted by Gasteiger charge is 2.34. The number of fused-ring (bicyclic) bond motifs is 1. The maximum absolute atomic E-state index is 13.6. The number of amides is 1. The highest BCUT2D eigenvalue weighted by atomic mass is 19.1. The molecule has 0 unspecified atom stereocenters. The van der Waals surface area contributed by atoms with Crippen molar-refractivity contribution in [1.82, 2.24) is 4.90 Å². The lowest BCUT2D eigenvalue weighted by atomic mass is 10.0. The first kappa shape index (κ1) is 21.4. The SMILES string of the molecule is COc1ccc([C@@H]2Nc3ccccc3C(=O)N2c2ccc(F)cc2)cc1CN1CCOCC1. The maximum atomic E-state index is 13.6. The third kappa shape index (κ3) is 4.29. The van der Waals surface area contributed by atoms with Crippen LogP contribution in [0.5, 0.6) is 5.75 Å². The van der Waals surface area contributed by atoms with Crippen LogP contribution in [-0.2, 0) is 11.3 Å². The van der Waals surface area contributed by atoms with E-state index in [1.807, 2.05) is 30.3 Å². The summed E-state index contributed by atoms with van der Waals surface area (Å²) in [5, 5.41) is 3.51. The number of carbonyl (C=O) groups excluding carboxylic acids is 1. The van der Waals surface area contributed by atoms with E-state index in [0.29, 0.717) is 11.3 Å². The number of nitrogens with zero attached hydrogens (tertiary/aromatic N) is 2. The maximum Gasteiger partial charge on any atom is 0.262 e. The topological polar surface area (TPSA) is 54.0 Å². The van der Waals surface area contributed by atoms with Crippen molar-refractivity contribution in [3.63, 3.8) is 0 Å². The molecule has 0 radical (unpaired) electrons. The number of halogens is 1. The molecule has 0 spiro atoms. The minimum Gasteiger partial charge on any atom is -0.496 e. The van der Waals surface area contributed by atoms with E-state index in [1.54, 1.807) is 30.2 Å². The second-order valence-electron chi connectivity index (χ2n) is 8.20. The second-order valence-corrected chi connectivity index (χ2v) is 8.20. The molecule has 2 aliphatic rings. The number of hydrogen-bond donors (Lipinski definition) is 1. The standard InChI is InChI=1S/C26H26FN3O3/c1-32-24-11-6-18(16-19(24)17-29-12-14-33-15-13-29)25-28-23-5-3-2-4-22(23)26(31)30(25)21-9-7-20(27)8-10-21/h2-11,16,25,28H,12-15,17H2,1H3/t25-/m1/s1. The van der Waals surface area contributed by atoms with Crippen LogP contribution in [0.25, 0.3) is 0 Å². The van der Waals surface area contributed by atoms with Crippen LogP contribution < -0.4 is 15.0 Å². The molecule has 1 fully saturated rings. The second kappa shape index (κ2) is 9.21. The third-order valence-electron chi connectivity index (χ3n) is 6.15. The van der Waals surface area contributed by atoms with Gasteiger partial charge in [0.2, 0.25) is 0 Å². The monoisotopic (exact) mass is 447 g/mol. The molecule has 0 bridgehead atoms. The zero-order chi connectivity index (χ0) is 22.8. The van der Waals surface area contributed by atoms with Crippen molar-refractivity contribution in [2.45, 2.75) is 12.7 Å². The van der Waals surface area contributed by atoms with Crippen LogP contribution in [-0.4, -0.2) is 44.2 Å². The normalized spacial score (nSPS) is 18.5. The lowest BCUT2D eigenvalue weighted by Crippen LogP contribution is -2.43. The van der Waals surface area contributed by atoms with Crippen LogP contribution in [0.15, 0.2) is 66.7 Å². The van der Waals surface area contributed by atoms with Crippen molar-refractivity contribution < 1.29 is 18.7 Å². The summed E-state index contributed by atoms with van der Waals surface area (Å²) >= 11 is 0. The van der Waals surface area contributed by atoms with Gasteiger partial charge >= 0.3 is 0 Å². The lowest BCUT2D eigenvalue weighted by molar-refractivity contribution is 0.0338. The fourth-order valence-corrected chi connectivity index (χ4v) is 4.45. The number of ether oxygens (including phenoxy) is 2. The highest BCUT2D eigenvalue weighted by molar-refractivity contribution is 6.12. The Morgan fingerprint density at radius 3 is 2.58 bits per heavy atom. The molecule has 0 aliphatic carbocycles. The molecule has 33 heavy (non-hydrogen) atoms. The van der Waals surface area contributed by atoms with Gasteiger partial charge in [0.15, 0.2) is 0 Å². The van der Waals surface area contributed by atoms with E-state index in [2.05, 4.69) is 16.3 Å². The van der Waals surface area contributed by atoms with E-state index >= 15 is 0 Å². The molecule has 1 saturated heterocycles. The minimum absolute atomic E-state index is 0.133. The zero-order valence-electron chi connectivity index (χ0n) is 18.5. The Bertz CT molecular complexity index is 1150. The summed E-state index contributed by atoms with van der Waals surface area (Å²) in [6, 6.07) is 19.5. The van der Waals surface area contributed by atoms with Crippen molar-refractivity contribution in [3.05, 3.63) is 89.2 Å². The first-order chi connectivity index (χ1) is 16.1. The van der Waals surface area contributed by atoms with Crippen molar-refractivity contribution in [1.29, 1.82) is 0 Å². The fraction of sp³-hybridized carbons (Fsp3) is 0.269. The van der Waals surface area contributed by atoms with Crippen LogP contribution in [0.2, 0.25) is 0 Å². The summed E-state index contributed by atoms with van der Waals surface area (Å²) in [7, 11) is 1.67. The summed E-state index contributed by atoms with van der Waals surface area (Å²) in [5.41, 5.74) is 3.95. The van der Waals surface area contributed by atoms with E-state index in [4.69, 9.17) is 9.47 Å². The number of methoxy groups -OCH3 is 1. The number of carbonyl (C=O) groups is 1. The molecule has 2 aliphatic heterocycles. The number of para-hydroxylation sites is 1. The van der Waals surface area contributed by atoms with Crippen LogP contribution in [0, 0.1) is 5.82 Å². The average molecular weight is 448 g/mol. The van der Waals surface area contributed by atoms with Gasteiger partial charge in [-0.2, -0.15) is 0 Å². The molecule has 5 rings (SSSR count). The van der Waals surface area contributed by atoms with Gasteiger partial charge in [-0.1, -0.05) is 18.2 Å². The fourth-order valence-electron chi connectivity index (χ4n) is 4.45. The van der Waals surface area contributed by atoms with Gasteiger partial charge in [-0.15, -0.1) is 0 Å². The predicted octanol–water partition coefficient (Wildman–Crippen LogP) is 4.44. The average Bonchev–Trinajstić information content (AvgIpc) is 2.85. The van der Waals surface area contributed by atoms with Crippen molar-refractivity contribution in [2.24, 2.45) is 0 Å². The van der Waals surface area contributed by atoms with E-state index in [-0.39, 0.29) is 11.7 Å². The van der Waals surface area contributed by atoms with E-state index in [1.165, 1.54) is 12.1 Å². The van der Waals surface area contributed by atoms with E-state index in [0.717, 1.165) is 55.4 Å². The molecular formula is C26H26FN3O3. The van der Waals surface area contributed by atoms with Crippen molar-refractivity contribution in [3.8, 4) is 5.75 Å². The number of nitrogens with one attached hydrogen (secondary N) is 1. The quantitative estimate of drug-likeness (QED) is 0.627. The van der Waals surface area contributed by atoms with Gasteiger partial charge in [0.25, 0.3) is 5.91 Å². The predicted molar refractivity (Wildman–Crippen MR) is 125 cm³/mol. The van der Waals surface area contributed by atoms with Crippen LogP contribution in [0.3, 0.4) is 0 Å². The smallest absolute Gasteiger partial charge is 0.262 e. The van der Waals surface area contributed by atoms with Crippen LogP contribution in [0.4, 0.5) is 15.8 Å². The molecule has 1 amide bonds. The third-order valence-corrected chi connectivity index (χ3v) is 6.15. The van der Waals surface area contributed by atoms with E-state index < -0.39 is 6.17 Å². The summed E-state index contributed by atoms with van der Waals surface area (Å²) in [6.45, 7) is 3.89. The van der Waals surface area contributed by atoms with Crippen molar-refractivity contribution >= 4 is 17.3 Å². The largest absolute Gasteiger partial charge is 0.496 e. The van der Waals surface area contributed by atoms with Gasteiger partial charge in [0.1, 0.15) is 17.7 Å². The van der Waals surface area contributed by atoms with Gasteiger partial charge in [0.05, 0.1) is 25.9 Å². The van der Waals surface area contributed by atoms with Crippen LogP contribution in [0.1, 0.15) is 27.7 Å². The molecule has 1 atom stereocenters. The number of morpholine rings is 1. The summed E-state index contributed by atoms with van der Waals surface area (Å²) in [5.74, 6) is 0.331. The summed E-state index contributed by atoms with van der Waals surface area (Å²) < 4.78 is 24.7. The Morgan fingerprint density at radius 2 is 1.82 bits per heavy atom. The van der Waals surface area contributed by atoms with Crippen LogP contribution >= 0.6 is 0 Å². The zero-order valence-corrected chi connectivity index (χ0v) is 18.5. The Morgan fingerprint density at radius 1 is 1.06 bits per heavy atom. The van der Waals surface area contributed by atoms with Crippen molar-refractivity contribution in [2.75, 3.05) is 43.6 Å². The molecule has 7 heteroatoms. The Hall–Kier alpha value is -3.42. The Kier molecular flexibility index (Phi) is 5.98. The number of rotatable bonds is 5. The van der Waals surface area contributed by atoms with Gasteiger partial charge in [-0.05, 0) is 54.1 Å². The molecule has 1 N–H and O–H groups in total. The van der Waals surface area contributed by atoms with Gasteiger partial charge in [-0.3, -0.25) is 14.6 Å². The Balaban J connectivity index is 1.55. The number of hydrogen-bond acceptors (Lipinski definition) is 5. The molecule has 0 aromatic heterocycles. The first-order valence-corrected chi connectivity index (χ1v) is 11.1. The molecule has 0 saturated carbocycles. The summed E-state index contributed by atoms with van der Waals surface area (Å²) in [4.78, 5) is 17.6. The lowest BCUT2D eigenvalue weighted by Gasteiger charge is -2.38. The summed E-state index contributed by atoms with van der Waals surface area (Å²) in [6.07, 6.45) is -0.452. The van der Waals surface area contributed by atoms with Gasteiger partial charge < -0.3 is 14.8 Å². The highest BCUT2D eigenvalue weighted by Crippen LogP contribution is 2.38. The van der Waals surface area contributed by atoms with Gasteiger partial charge in [0, 0.05) is 36.6 Å². The molecule has 3 aromatic carbocycles. The first-order valence-electron chi connectivity index (χ1n) is 11.1. The molecule has 6 nitrogen and oxygen atoms in total. The Labute approximate surface area is 192 Å². The van der Waals surface area contributed by atoms with E-state index in [9.17, 15) is 9.18 Å². The molecule has 170 valence electrons. The number of anilines is 2.